The third-order valence-electron chi connectivity index (χ3n) is 7.27. The number of benzene rings is 4. The van der Waals surface area contributed by atoms with Gasteiger partial charge in [-0.15, -0.1) is 0 Å². The molecule has 1 aliphatic heterocycles. The summed E-state index contributed by atoms with van der Waals surface area (Å²) in [4.78, 5) is 16.6. The molecule has 0 aliphatic carbocycles. The largest absolute Gasteiger partial charge is 0.306 e. The number of para-hydroxylation sites is 1. The highest BCUT2D eigenvalue weighted by molar-refractivity contribution is 6.02. The van der Waals surface area contributed by atoms with Crippen LogP contribution in [0.25, 0.3) is 0 Å². The lowest BCUT2D eigenvalue weighted by molar-refractivity contribution is -0.120. The van der Waals surface area contributed by atoms with Crippen molar-refractivity contribution in [3.63, 3.8) is 0 Å². The quantitative estimate of drug-likeness (QED) is 0.322. The molecule has 1 heterocycles. The van der Waals surface area contributed by atoms with Crippen molar-refractivity contribution in [2.24, 2.45) is 0 Å². The zero-order valence-electron chi connectivity index (χ0n) is 20.1. The topological polar surface area (TPSA) is 20.3 Å². The normalized spacial score (nSPS) is 19.0. The lowest BCUT2D eigenvalue weighted by Crippen LogP contribution is -2.57. The van der Waals surface area contributed by atoms with E-state index >= 15 is 0 Å². The van der Waals surface area contributed by atoms with Crippen LogP contribution in [-0.4, -0.2) is 11.4 Å². The Morgan fingerprint density at radius 2 is 1.15 bits per heavy atom. The van der Waals surface area contributed by atoms with Crippen LogP contribution in [0.4, 0.5) is 5.69 Å². The fraction of sp³-hybridized carbons (Fsp3) is 0.219. The molecule has 0 saturated heterocycles. The van der Waals surface area contributed by atoms with Gasteiger partial charge in [-0.25, -0.2) is 0 Å². The summed E-state index contributed by atoms with van der Waals surface area (Å²) in [5.74, 6) is -0.249. The Morgan fingerprint density at radius 3 is 1.71 bits per heavy atom. The average Bonchev–Trinajstić information content (AvgIpc) is 2.85. The molecule has 0 fully saturated rings. The summed E-state index contributed by atoms with van der Waals surface area (Å²) in [5, 5.41) is 0. The molecule has 1 amide bonds. The van der Waals surface area contributed by atoms with Gasteiger partial charge in [0.25, 0.3) is 0 Å². The maximum atomic E-state index is 14.6. The van der Waals surface area contributed by atoms with Crippen LogP contribution in [0.5, 0.6) is 0 Å². The molecule has 5 rings (SSSR count). The molecule has 1 unspecified atom stereocenters. The molecular weight excluding hydrogens is 414 g/mol. The number of rotatable bonds is 4. The Kier molecular flexibility index (Phi) is 5.61. The van der Waals surface area contributed by atoms with Gasteiger partial charge in [0.1, 0.15) is 0 Å². The number of anilines is 1. The van der Waals surface area contributed by atoms with Crippen molar-refractivity contribution in [3.05, 3.63) is 138 Å². The summed E-state index contributed by atoms with van der Waals surface area (Å²) in [6.07, 6.45) is 0.836. The van der Waals surface area contributed by atoms with Crippen LogP contribution in [0.15, 0.2) is 115 Å². The second-order valence-corrected chi connectivity index (χ2v) is 10.1. The van der Waals surface area contributed by atoms with Gasteiger partial charge in [-0.05, 0) is 48.6 Å². The van der Waals surface area contributed by atoms with Crippen molar-refractivity contribution in [1.29, 1.82) is 0 Å². The third kappa shape index (κ3) is 3.74. The fourth-order valence-corrected chi connectivity index (χ4v) is 5.88. The summed E-state index contributed by atoms with van der Waals surface area (Å²) < 4.78 is 0. The molecule has 4 aromatic carbocycles. The van der Waals surface area contributed by atoms with E-state index in [0.717, 1.165) is 23.2 Å². The lowest BCUT2D eigenvalue weighted by atomic mass is 9.65. The molecule has 0 radical (unpaired) electrons. The Balaban J connectivity index is 1.68. The number of carbonyl (C=O) groups excluding carboxylic acids is 1. The molecule has 170 valence electrons. The van der Waals surface area contributed by atoms with E-state index < -0.39 is 0 Å². The summed E-state index contributed by atoms with van der Waals surface area (Å²) in [5.41, 5.74) is 4.96. The highest BCUT2D eigenvalue weighted by Crippen LogP contribution is 2.51. The highest BCUT2D eigenvalue weighted by Gasteiger charge is 2.49. The van der Waals surface area contributed by atoms with Crippen LogP contribution in [0.1, 0.15) is 55.4 Å². The minimum atomic E-state index is -0.377. The van der Waals surface area contributed by atoms with E-state index in [0.29, 0.717) is 0 Å². The zero-order chi connectivity index (χ0) is 23.8. The van der Waals surface area contributed by atoms with Gasteiger partial charge in [-0.3, -0.25) is 4.79 Å². The summed E-state index contributed by atoms with van der Waals surface area (Å²) >= 11 is 0. The first-order valence-corrected chi connectivity index (χ1v) is 12.0. The Bertz CT molecular complexity index is 1240. The van der Waals surface area contributed by atoms with Gasteiger partial charge >= 0.3 is 0 Å². The van der Waals surface area contributed by atoms with Gasteiger partial charge in [0.15, 0.2) is 0 Å². The molecule has 0 saturated carbocycles. The minimum absolute atomic E-state index is 0.116. The van der Waals surface area contributed by atoms with E-state index in [4.69, 9.17) is 0 Å². The summed E-state index contributed by atoms with van der Waals surface area (Å²) in [7, 11) is 0. The van der Waals surface area contributed by atoms with Crippen molar-refractivity contribution in [2.45, 2.75) is 44.1 Å². The molecular formula is C32H31NO. The first-order chi connectivity index (χ1) is 16.4. The average molecular weight is 446 g/mol. The second kappa shape index (κ2) is 8.61. The number of carbonyl (C=O) groups is 1. The second-order valence-electron chi connectivity index (χ2n) is 10.1. The van der Waals surface area contributed by atoms with E-state index in [9.17, 15) is 4.79 Å². The van der Waals surface area contributed by atoms with E-state index in [1.54, 1.807) is 0 Å². The molecule has 0 N–H and O–H groups in total. The number of nitrogens with zero attached hydrogens (tertiary/aromatic N) is 1. The van der Waals surface area contributed by atoms with Crippen LogP contribution in [0.3, 0.4) is 0 Å². The van der Waals surface area contributed by atoms with Gasteiger partial charge in [0.05, 0.1) is 5.92 Å². The number of amides is 1. The molecule has 2 nitrogen and oxygen atoms in total. The lowest BCUT2D eigenvalue weighted by Gasteiger charge is -2.52. The molecule has 2 heteroatoms. The molecule has 0 aromatic heterocycles. The fourth-order valence-electron chi connectivity index (χ4n) is 5.88. The first-order valence-electron chi connectivity index (χ1n) is 12.0. The Morgan fingerprint density at radius 1 is 0.676 bits per heavy atom. The van der Waals surface area contributed by atoms with Crippen molar-refractivity contribution in [2.75, 3.05) is 4.90 Å². The monoisotopic (exact) mass is 445 g/mol. The summed E-state index contributed by atoms with van der Waals surface area (Å²) in [6.45, 7) is 6.72. The van der Waals surface area contributed by atoms with Gasteiger partial charge < -0.3 is 4.90 Å². The van der Waals surface area contributed by atoms with Crippen molar-refractivity contribution < 1.29 is 4.79 Å². The zero-order valence-corrected chi connectivity index (χ0v) is 20.1. The van der Waals surface area contributed by atoms with E-state index in [-0.39, 0.29) is 22.8 Å². The molecule has 1 aliphatic rings. The van der Waals surface area contributed by atoms with Crippen molar-refractivity contribution >= 4 is 11.6 Å². The number of hydrogen-bond donors (Lipinski definition) is 0. The Hall–Kier alpha value is -3.65. The maximum absolute atomic E-state index is 14.6. The standard InChI is InChI=1S/C32H31NO/c1-31(2)23-32(3,26-19-11-6-12-20-26)27-21-13-14-22-28(27)33(31)30(34)29(24-15-7-4-8-16-24)25-17-9-5-10-18-25/h4-22,29H,23H2,1-3H3. The maximum Gasteiger partial charge on any atom is 0.239 e. The van der Waals surface area contributed by atoms with Crippen LogP contribution in [0.2, 0.25) is 0 Å². The van der Waals surface area contributed by atoms with E-state index in [2.05, 4.69) is 98.5 Å². The van der Waals surface area contributed by atoms with Crippen molar-refractivity contribution in [3.8, 4) is 0 Å². The molecule has 34 heavy (non-hydrogen) atoms. The number of hydrogen-bond acceptors (Lipinski definition) is 1. The first kappa shape index (κ1) is 22.2. The van der Waals surface area contributed by atoms with Crippen molar-refractivity contribution in [1.82, 2.24) is 0 Å². The summed E-state index contributed by atoms with van der Waals surface area (Å²) in [6, 6.07) is 39.4. The highest BCUT2D eigenvalue weighted by atomic mass is 16.2. The smallest absolute Gasteiger partial charge is 0.239 e. The predicted octanol–water partition coefficient (Wildman–Crippen LogP) is 7.34. The van der Waals surface area contributed by atoms with Crippen LogP contribution in [0, 0.1) is 0 Å². The van der Waals surface area contributed by atoms with Gasteiger partial charge in [-0.1, -0.05) is 116 Å². The Labute approximate surface area is 202 Å². The van der Waals surface area contributed by atoms with Gasteiger partial charge in [0, 0.05) is 16.6 Å². The van der Waals surface area contributed by atoms with Crippen LogP contribution in [-0.2, 0) is 10.2 Å². The third-order valence-corrected chi connectivity index (χ3v) is 7.27. The van der Waals surface area contributed by atoms with E-state index in [1.807, 2.05) is 42.5 Å². The molecule has 1 atom stereocenters. The SMILES string of the molecule is CC1(c2ccccc2)CC(C)(C)N(C(=O)C(c2ccccc2)c2ccccc2)c2ccccc21. The number of fused-ring (bicyclic) bond motifs is 1. The van der Waals surface area contributed by atoms with Crippen LogP contribution >= 0.6 is 0 Å². The predicted molar refractivity (Wildman–Crippen MR) is 140 cm³/mol. The van der Waals surface area contributed by atoms with Crippen LogP contribution < -0.4 is 4.90 Å². The minimum Gasteiger partial charge on any atom is -0.306 e. The van der Waals surface area contributed by atoms with E-state index in [1.165, 1.54) is 11.1 Å². The van der Waals surface area contributed by atoms with Gasteiger partial charge in [0.2, 0.25) is 5.91 Å². The van der Waals surface area contributed by atoms with Gasteiger partial charge in [-0.2, -0.15) is 0 Å². The molecule has 4 aromatic rings. The molecule has 0 spiro atoms. The molecule has 0 bridgehead atoms.